The number of Topliss-reactive ketones (excluding diaryl/α,β-unsaturated/α-hetero) is 1. The van der Waals surface area contributed by atoms with Gasteiger partial charge in [-0.05, 0) is 32.9 Å². The summed E-state index contributed by atoms with van der Waals surface area (Å²) in [6, 6.07) is 6.12. The van der Waals surface area contributed by atoms with Crippen molar-refractivity contribution in [3.8, 4) is 0 Å². The smallest absolute Gasteiger partial charge is 0.297 e. The van der Waals surface area contributed by atoms with E-state index >= 15 is 0 Å². The van der Waals surface area contributed by atoms with Crippen LogP contribution in [0.3, 0.4) is 0 Å². The van der Waals surface area contributed by atoms with Crippen molar-refractivity contribution in [1.82, 2.24) is 0 Å². The molecule has 0 aromatic heterocycles. The molecule has 2 heterocycles. The zero-order chi connectivity index (χ0) is 19.6. The molecule has 0 unspecified atom stereocenters. The maximum atomic E-state index is 12.8. The number of benzene rings is 1. The Hall–Kier alpha value is -1.36. The summed E-state index contributed by atoms with van der Waals surface area (Å²) >= 11 is 0. The van der Waals surface area contributed by atoms with E-state index in [-0.39, 0.29) is 17.9 Å². The lowest BCUT2D eigenvalue weighted by Gasteiger charge is -2.48. The molecule has 4 rings (SSSR count). The van der Waals surface area contributed by atoms with E-state index in [4.69, 9.17) is 18.4 Å². The first-order chi connectivity index (χ1) is 12.5. The molecule has 0 amide bonds. The van der Waals surface area contributed by atoms with Crippen molar-refractivity contribution < 1.29 is 36.7 Å². The number of carbonyl (C=O) groups is 1. The molecule has 1 aliphatic carbocycles. The molecular weight excluding hydrogens is 376 g/mol. The first kappa shape index (κ1) is 19.0. The number of fused-ring (bicyclic) bond motifs is 4. The molecule has 2 saturated heterocycles. The van der Waals surface area contributed by atoms with Gasteiger partial charge in [-0.25, -0.2) is 0 Å². The van der Waals surface area contributed by atoms with Gasteiger partial charge in [0, 0.05) is 6.42 Å². The second-order valence-corrected chi connectivity index (χ2v) is 9.32. The molecule has 1 saturated carbocycles. The van der Waals surface area contributed by atoms with Crippen LogP contribution in [0.5, 0.6) is 0 Å². The maximum Gasteiger partial charge on any atom is 0.297 e. The van der Waals surface area contributed by atoms with E-state index in [1.165, 1.54) is 12.1 Å². The molecule has 3 fully saturated rings. The third-order valence-corrected chi connectivity index (χ3v) is 6.57. The second kappa shape index (κ2) is 6.07. The topological polar surface area (TPSA) is 108 Å². The minimum absolute atomic E-state index is 0.0620. The van der Waals surface area contributed by atoms with Gasteiger partial charge >= 0.3 is 0 Å². The molecule has 0 spiro atoms. The fourth-order valence-electron chi connectivity index (χ4n) is 3.91. The quantitative estimate of drug-likeness (QED) is 0.741. The summed E-state index contributed by atoms with van der Waals surface area (Å²) in [6.45, 7) is 4.84. The number of aryl methyl sites for hydroxylation is 1. The Morgan fingerprint density at radius 3 is 2.44 bits per heavy atom. The molecule has 1 N–H and O–H groups in total. The van der Waals surface area contributed by atoms with Crippen LogP contribution in [0.2, 0.25) is 0 Å². The maximum absolute atomic E-state index is 12.8. The fraction of sp³-hybridized carbons (Fsp3) is 0.611. The highest BCUT2D eigenvalue weighted by atomic mass is 32.2. The molecule has 5 atom stereocenters. The van der Waals surface area contributed by atoms with Crippen LogP contribution in [-0.4, -0.2) is 61.7 Å². The number of carbonyl (C=O) groups excluding carboxylic acids is 1. The van der Waals surface area contributed by atoms with Gasteiger partial charge in [-0.3, -0.25) is 8.98 Å². The van der Waals surface area contributed by atoms with Crippen LogP contribution in [0.15, 0.2) is 29.2 Å². The molecule has 2 aliphatic heterocycles. The SMILES string of the molecule is Cc1ccc(S(=O)(=O)O[C@H]2[C@H]3OC(C)(C)O[C@H]3[C@@H]3C[C@@]2(O)C(=O)CO3)cc1. The minimum atomic E-state index is -4.24. The summed E-state index contributed by atoms with van der Waals surface area (Å²) in [7, 11) is -4.24. The first-order valence-corrected chi connectivity index (χ1v) is 10.2. The molecule has 8 nitrogen and oxygen atoms in total. The number of rotatable bonds is 3. The Morgan fingerprint density at radius 1 is 1.15 bits per heavy atom. The summed E-state index contributed by atoms with van der Waals surface area (Å²) in [5, 5.41) is 11.0. The number of ether oxygens (including phenoxy) is 3. The highest BCUT2D eigenvalue weighted by molar-refractivity contribution is 7.86. The van der Waals surface area contributed by atoms with Crippen molar-refractivity contribution in [3.63, 3.8) is 0 Å². The number of aliphatic hydroxyl groups is 1. The molecule has 2 bridgehead atoms. The molecule has 27 heavy (non-hydrogen) atoms. The van der Waals surface area contributed by atoms with Crippen molar-refractivity contribution in [2.24, 2.45) is 0 Å². The Kier molecular flexibility index (Phi) is 4.26. The van der Waals surface area contributed by atoms with Gasteiger partial charge in [-0.1, -0.05) is 17.7 Å². The predicted molar refractivity (Wildman–Crippen MR) is 91.4 cm³/mol. The average molecular weight is 398 g/mol. The third kappa shape index (κ3) is 3.12. The summed E-state index contributed by atoms with van der Waals surface area (Å²) in [5.41, 5.74) is -1.13. The molecule has 3 aliphatic rings. The largest absolute Gasteiger partial charge is 0.379 e. The van der Waals surface area contributed by atoms with Crippen molar-refractivity contribution >= 4 is 15.9 Å². The lowest BCUT2D eigenvalue weighted by atomic mass is 9.73. The lowest BCUT2D eigenvalue weighted by Crippen LogP contribution is -2.69. The van der Waals surface area contributed by atoms with E-state index in [0.717, 1.165) is 5.56 Å². The van der Waals surface area contributed by atoms with Crippen molar-refractivity contribution in [3.05, 3.63) is 29.8 Å². The Balaban J connectivity index is 1.72. The zero-order valence-corrected chi connectivity index (χ0v) is 16.1. The van der Waals surface area contributed by atoms with Gasteiger partial charge in [-0.15, -0.1) is 0 Å². The van der Waals surface area contributed by atoms with Crippen LogP contribution in [0.4, 0.5) is 0 Å². The van der Waals surface area contributed by atoms with E-state index in [2.05, 4.69) is 0 Å². The molecule has 1 aromatic carbocycles. The second-order valence-electron chi connectivity index (χ2n) is 7.75. The summed E-state index contributed by atoms with van der Waals surface area (Å²) in [6.07, 6.45) is -3.73. The van der Waals surface area contributed by atoms with Crippen molar-refractivity contribution in [2.75, 3.05) is 6.61 Å². The molecule has 148 valence electrons. The highest BCUT2D eigenvalue weighted by Crippen LogP contribution is 2.46. The van der Waals surface area contributed by atoms with Crippen LogP contribution in [-0.2, 0) is 33.3 Å². The molecular formula is C18H22O8S. The van der Waals surface area contributed by atoms with Crippen LogP contribution in [0.25, 0.3) is 0 Å². The van der Waals surface area contributed by atoms with E-state index < -0.39 is 51.7 Å². The summed E-state index contributed by atoms with van der Waals surface area (Å²) in [4.78, 5) is 12.3. The van der Waals surface area contributed by atoms with Gasteiger partial charge in [0.05, 0.1) is 11.0 Å². The number of ketones is 1. The van der Waals surface area contributed by atoms with Gasteiger partial charge in [0.25, 0.3) is 10.1 Å². The van der Waals surface area contributed by atoms with Gasteiger partial charge < -0.3 is 19.3 Å². The number of hydrogen-bond acceptors (Lipinski definition) is 8. The highest BCUT2D eigenvalue weighted by Gasteiger charge is 2.66. The van der Waals surface area contributed by atoms with Gasteiger partial charge in [-0.2, -0.15) is 8.42 Å². The Bertz CT molecular complexity index is 862. The third-order valence-electron chi connectivity index (χ3n) is 5.26. The molecule has 1 aromatic rings. The van der Waals surface area contributed by atoms with Crippen molar-refractivity contribution in [1.29, 1.82) is 0 Å². The van der Waals surface area contributed by atoms with Gasteiger partial charge in [0.2, 0.25) is 0 Å². The van der Waals surface area contributed by atoms with Gasteiger partial charge in [0.15, 0.2) is 17.2 Å². The fourth-order valence-corrected chi connectivity index (χ4v) is 5.04. The summed E-state index contributed by atoms with van der Waals surface area (Å²) in [5.74, 6) is -1.65. The van der Waals surface area contributed by atoms with Crippen molar-refractivity contribution in [2.45, 2.75) is 67.9 Å². The lowest BCUT2D eigenvalue weighted by molar-refractivity contribution is -0.217. The van der Waals surface area contributed by atoms with E-state index in [0.29, 0.717) is 0 Å². The van der Waals surface area contributed by atoms with Crippen LogP contribution in [0.1, 0.15) is 25.8 Å². The Morgan fingerprint density at radius 2 is 1.78 bits per heavy atom. The number of hydrogen-bond donors (Lipinski definition) is 1. The van der Waals surface area contributed by atoms with E-state index in [1.54, 1.807) is 26.0 Å². The average Bonchev–Trinajstić information content (AvgIpc) is 2.91. The first-order valence-electron chi connectivity index (χ1n) is 8.75. The monoisotopic (exact) mass is 398 g/mol. The summed E-state index contributed by atoms with van der Waals surface area (Å²) < 4.78 is 48.2. The standard InChI is InChI=1S/C18H22O8S/c1-10-4-6-11(7-5-10)27(21,22)26-16-15-14(24-17(2,3)25-15)12-8-18(16,20)13(19)9-23-12/h4-7,12,14-16,20H,8-9H2,1-3H3/t12-,14-,15-,16-,18+/m0/s1. The van der Waals surface area contributed by atoms with E-state index in [9.17, 15) is 18.3 Å². The van der Waals surface area contributed by atoms with E-state index in [1.807, 2.05) is 6.92 Å². The van der Waals surface area contributed by atoms with Crippen LogP contribution >= 0.6 is 0 Å². The van der Waals surface area contributed by atoms with Crippen LogP contribution < -0.4 is 0 Å². The Labute approximate surface area is 157 Å². The zero-order valence-electron chi connectivity index (χ0n) is 15.2. The van der Waals surface area contributed by atoms with Crippen LogP contribution in [0, 0.1) is 6.92 Å². The van der Waals surface area contributed by atoms with Gasteiger partial charge in [0.1, 0.15) is 24.9 Å². The molecule has 0 radical (unpaired) electrons. The minimum Gasteiger partial charge on any atom is -0.379 e. The normalized spacial score (nSPS) is 37.9. The predicted octanol–water partition coefficient (Wildman–Crippen LogP) is 0.692. The molecule has 9 heteroatoms.